The van der Waals surface area contributed by atoms with E-state index in [0.717, 1.165) is 36.9 Å². The summed E-state index contributed by atoms with van der Waals surface area (Å²) in [6.07, 6.45) is 3.84. The largest absolute Gasteiger partial charge is 0.395 e. The molecule has 2 bridgehead atoms. The topological polar surface area (TPSA) is 64.0 Å². The van der Waals surface area contributed by atoms with Crippen LogP contribution in [0.1, 0.15) is 47.5 Å². The van der Waals surface area contributed by atoms with Crippen LogP contribution in [0.15, 0.2) is 48.5 Å². The van der Waals surface area contributed by atoms with Crippen LogP contribution in [0.4, 0.5) is 10.1 Å². The molecular weight excluding hydrogens is 383 g/mol. The van der Waals surface area contributed by atoms with E-state index in [2.05, 4.69) is 4.90 Å². The quantitative estimate of drug-likeness (QED) is 0.733. The highest BCUT2D eigenvalue weighted by Crippen LogP contribution is 2.43. The average molecular weight is 413 g/mol. The Balaban J connectivity index is 1.51. The lowest BCUT2D eigenvalue weighted by Crippen LogP contribution is -2.46. The Labute approximate surface area is 176 Å². The van der Waals surface area contributed by atoms with Gasteiger partial charge in [-0.3, -0.25) is 4.79 Å². The molecule has 2 saturated heterocycles. The van der Waals surface area contributed by atoms with Gasteiger partial charge in [-0.1, -0.05) is 18.2 Å². The SMILES string of the molecule is O=C(c1cccc(N(CCO)CCO)c1)N1C2CCC1CC(c1ccc(F)cc1)C2. The van der Waals surface area contributed by atoms with E-state index in [1.165, 1.54) is 12.1 Å². The number of piperidine rings is 1. The van der Waals surface area contributed by atoms with Crippen LogP contribution in [0.5, 0.6) is 0 Å². The molecule has 0 aliphatic carbocycles. The molecule has 2 aliphatic heterocycles. The van der Waals surface area contributed by atoms with E-state index < -0.39 is 0 Å². The first-order valence-electron chi connectivity index (χ1n) is 10.8. The molecule has 30 heavy (non-hydrogen) atoms. The number of amides is 1. The van der Waals surface area contributed by atoms with Gasteiger partial charge in [0, 0.05) is 36.4 Å². The van der Waals surface area contributed by atoms with Gasteiger partial charge in [0.2, 0.25) is 0 Å². The maximum absolute atomic E-state index is 13.4. The van der Waals surface area contributed by atoms with E-state index in [1.807, 2.05) is 41.3 Å². The predicted molar refractivity (Wildman–Crippen MR) is 114 cm³/mol. The third-order valence-electron chi connectivity index (χ3n) is 6.51. The number of rotatable bonds is 7. The Morgan fingerprint density at radius 1 is 1.00 bits per heavy atom. The number of fused-ring (bicyclic) bond motifs is 2. The number of aliphatic hydroxyl groups excluding tert-OH is 2. The van der Waals surface area contributed by atoms with Gasteiger partial charge in [0.15, 0.2) is 0 Å². The number of carbonyl (C=O) groups excluding carboxylic acids is 1. The van der Waals surface area contributed by atoms with Crippen molar-refractivity contribution in [3.63, 3.8) is 0 Å². The summed E-state index contributed by atoms with van der Waals surface area (Å²) >= 11 is 0. The zero-order valence-corrected chi connectivity index (χ0v) is 17.1. The van der Waals surface area contributed by atoms with E-state index in [1.54, 1.807) is 0 Å². The third kappa shape index (κ3) is 4.20. The normalized spacial score (nSPS) is 22.9. The molecule has 5 nitrogen and oxygen atoms in total. The Morgan fingerprint density at radius 3 is 2.23 bits per heavy atom. The van der Waals surface area contributed by atoms with Crippen molar-refractivity contribution in [2.24, 2.45) is 0 Å². The second-order valence-corrected chi connectivity index (χ2v) is 8.30. The molecule has 4 rings (SSSR count). The highest BCUT2D eigenvalue weighted by atomic mass is 19.1. The Hall–Kier alpha value is -2.44. The number of benzene rings is 2. The van der Waals surface area contributed by atoms with Crippen molar-refractivity contribution in [3.05, 3.63) is 65.5 Å². The van der Waals surface area contributed by atoms with E-state index in [0.29, 0.717) is 24.6 Å². The Bertz CT molecular complexity index is 853. The van der Waals surface area contributed by atoms with Gasteiger partial charge in [-0.05, 0) is 67.5 Å². The van der Waals surface area contributed by atoms with Gasteiger partial charge in [-0.25, -0.2) is 4.39 Å². The molecular formula is C24H29FN2O3. The van der Waals surface area contributed by atoms with Gasteiger partial charge in [-0.2, -0.15) is 0 Å². The molecule has 0 aromatic heterocycles. The molecule has 2 atom stereocenters. The summed E-state index contributed by atoms with van der Waals surface area (Å²) in [6.45, 7) is 0.789. The number of halogens is 1. The zero-order chi connectivity index (χ0) is 21.1. The van der Waals surface area contributed by atoms with Crippen LogP contribution >= 0.6 is 0 Å². The molecule has 2 unspecified atom stereocenters. The standard InChI is InChI=1S/C24H29FN2O3/c25-20-6-4-17(5-7-20)19-15-22-8-9-23(16-19)27(22)24(30)18-2-1-3-21(14-18)26(10-12-28)11-13-29/h1-7,14,19,22-23,28-29H,8-13,15-16H2. The molecule has 2 N–H and O–H groups in total. The highest BCUT2D eigenvalue weighted by molar-refractivity contribution is 5.96. The van der Waals surface area contributed by atoms with Crippen molar-refractivity contribution in [2.75, 3.05) is 31.2 Å². The van der Waals surface area contributed by atoms with Crippen LogP contribution in [0, 0.1) is 5.82 Å². The van der Waals surface area contributed by atoms with Gasteiger partial charge in [-0.15, -0.1) is 0 Å². The van der Waals surface area contributed by atoms with Crippen LogP contribution in [-0.2, 0) is 0 Å². The number of anilines is 1. The fourth-order valence-electron chi connectivity index (χ4n) is 5.11. The van der Waals surface area contributed by atoms with Crippen LogP contribution in [-0.4, -0.2) is 59.4 Å². The van der Waals surface area contributed by atoms with E-state index in [-0.39, 0.29) is 37.0 Å². The van der Waals surface area contributed by atoms with E-state index in [9.17, 15) is 19.4 Å². The third-order valence-corrected chi connectivity index (χ3v) is 6.51. The summed E-state index contributed by atoms with van der Waals surface area (Å²) in [4.78, 5) is 17.3. The van der Waals surface area contributed by atoms with Gasteiger partial charge >= 0.3 is 0 Å². The fourth-order valence-corrected chi connectivity index (χ4v) is 5.11. The van der Waals surface area contributed by atoms with Crippen molar-refractivity contribution < 1.29 is 19.4 Å². The summed E-state index contributed by atoms with van der Waals surface area (Å²) in [6, 6.07) is 14.7. The van der Waals surface area contributed by atoms with Gasteiger partial charge in [0.1, 0.15) is 5.82 Å². The minimum absolute atomic E-state index is 0.0147. The summed E-state index contributed by atoms with van der Waals surface area (Å²) in [5.74, 6) is 0.198. The lowest BCUT2D eigenvalue weighted by atomic mass is 9.85. The second kappa shape index (κ2) is 9.14. The average Bonchev–Trinajstić information content (AvgIpc) is 3.03. The van der Waals surface area contributed by atoms with E-state index in [4.69, 9.17) is 0 Å². The second-order valence-electron chi connectivity index (χ2n) is 8.30. The smallest absolute Gasteiger partial charge is 0.254 e. The lowest BCUT2D eigenvalue weighted by molar-refractivity contribution is 0.0571. The maximum atomic E-state index is 13.4. The number of aliphatic hydroxyl groups is 2. The van der Waals surface area contributed by atoms with Crippen LogP contribution in [0.2, 0.25) is 0 Å². The zero-order valence-electron chi connectivity index (χ0n) is 17.1. The van der Waals surface area contributed by atoms with Crippen molar-refractivity contribution in [3.8, 4) is 0 Å². The molecule has 2 fully saturated rings. The van der Waals surface area contributed by atoms with Gasteiger partial charge in [0.05, 0.1) is 13.2 Å². The Kier molecular flexibility index (Phi) is 6.35. The van der Waals surface area contributed by atoms with Crippen molar-refractivity contribution in [1.29, 1.82) is 0 Å². The minimum atomic E-state index is -0.217. The van der Waals surface area contributed by atoms with Crippen molar-refractivity contribution in [1.82, 2.24) is 4.90 Å². The molecule has 0 spiro atoms. The summed E-state index contributed by atoms with van der Waals surface area (Å²) in [7, 11) is 0. The van der Waals surface area contributed by atoms with Gasteiger partial charge < -0.3 is 20.0 Å². The number of nitrogens with zero attached hydrogens (tertiary/aromatic N) is 2. The molecule has 160 valence electrons. The number of hydrogen-bond donors (Lipinski definition) is 2. The van der Waals surface area contributed by atoms with Crippen LogP contribution in [0.3, 0.4) is 0 Å². The van der Waals surface area contributed by atoms with Crippen LogP contribution < -0.4 is 4.90 Å². The fraction of sp³-hybridized carbons (Fsp3) is 0.458. The number of carbonyl (C=O) groups is 1. The highest BCUT2D eigenvalue weighted by Gasteiger charge is 2.43. The summed E-state index contributed by atoms with van der Waals surface area (Å²) in [5, 5.41) is 18.6. The minimum Gasteiger partial charge on any atom is -0.395 e. The molecule has 0 saturated carbocycles. The lowest BCUT2D eigenvalue weighted by Gasteiger charge is -2.39. The number of hydrogen-bond acceptors (Lipinski definition) is 4. The Morgan fingerprint density at radius 2 is 1.63 bits per heavy atom. The molecule has 2 aliphatic rings. The monoisotopic (exact) mass is 412 g/mol. The van der Waals surface area contributed by atoms with Crippen molar-refractivity contribution >= 4 is 11.6 Å². The predicted octanol–water partition coefficient (Wildman–Crippen LogP) is 3.17. The molecule has 6 heteroatoms. The van der Waals surface area contributed by atoms with Gasteiger partial charge in [0.25, 0.3) is 5.91 Å². The first kappa shape index (κ1) is 20.8. The first-order valence-corrected chi connectivity index (χ1v) is 10.8. The molecule has 1 amide bonds. The van der Waals surface area contributed by atoms with E-state index >= 15 is 0 Å². The summed E-state index contributed by atoms with van der Waals surface area (Å²) < 4.78 is 13.3. The maximum Gasteiger partial charge on any atom is 0.254 e. The summed E-state index contributed by atoms with van der Waals surface area (Å²) in [5.41, 5.74) is 2.63. The molecule has 2 aromatic carbocycles. The van der Waals surface area contributed by atoms with Crippen LogP contribution in [0.25, 0.3) is 0 Å². The van der Waals surface area contributed by atoms with Crippen molar-refractivity contribution in [2.45, 2.75) is 43.7 Å². The first-order chi connectivity index (χ1) is 14.6. The molecule has 0 radical (unpaired) electrons. The molecule has 2 aromatic rings. The molecule has 2 heterocycles.